The van der Waals surface area contributed by atoms with Gasteiger partial charge in [0.05, 0.1) is 17.1 Å². The van der Waals surface area contributed by atoms with E-state index < -0.39 is 0 Å². The van der Waals surface area contributed by atoms with Gasteiger partial charge in [0.15, 0.2) is 0 Å². The number of aromatic nitrogens is 3. The SMILES string of the molecule is O=C(CCCc1ccccc1)N1CCN(C(=O)c2cnn3c2[nH]c(=O)c2ccccc23)CC1. The maximum atomic E-state index is 13.2. The average Bonchev–Trinajstić information content (AvgIpc) is 3.28. The average molecular weight is 444 g/mol. The Morgan fingerprint density at radius 1 is 0.909 bits per heavy atom. The molecule has 2 aromatic heterocycles. The summed E-state index contributed by atoms with van der Waals surface area (Å²) in [5.41, 5.74) is 2.39. The van der Waals surface area contributed by atoms with Crippen LogP contribution in [0, 0.1) is 0 Å². The zero-order chi connectivity index (χ0) is 22.8. The maximum Gasteiger partial charge on any atom is 0.259 e. The molecule has 1 saturated heterocycles. The largest absolute Gasteiger partial charge is 0.339 e. The van der Waals surface area contributed by atoms with E-state index in [1.165, 1.54) is 11.8 Å². The summed E-state index contributed by atoms with van der Waals surface area (Å²) in [4.78, 5) is 44.6. The van der Waals surface area contributed by atoms with Crippen molar-refractivity contribution in [1.82, 2.24) is 24.4 Å². The number of benzene rings is 2. The Hall–Kier alpha value is -3.94. The van der Waals surface area contributed by atoms with E-state index in [-0.39, 0.29) is 17.4 Å². The van der Waals surface area contributed by atoms with Crippen molar-refractivity contribution in [2.75, 3.05) is 26.2 Å². The third-order valence-corrected chi connectivity index (χ3v) is 6.23. The monoisotopic (exact) mass is 443 g/mol. The molecule has 0 unspecified atom stereocenters. The molecular formula is C25H25N5O3. The second kappa shape index (κ2) is 8.90. The summed E-state index contributed by atoms with van der Waals surface area (Å²) in [6.07, 6.45) is 3.70. The number of aromatic amines is 1. The number of hydrogen-bond acceptors (Lipinski definition) is 4. The van der Waals surface area contributed by atoms with Crippen molar-refractivity contribution < 1.29 is 9.59 Å². The summed E-state index contributed by atoms with van der Waals surface area (Å²) in [5.74, 6) is -0.0584. The van der Waals surface area contributed by atoms with Gasteiger partial charge in [-0.15, -0.1) is 0 Å². The van der Waals surface area contributed by atoms with Crippen molar-refractivity contribution in [3.05, 3.63) is 82.3 Å². The highest BCUT2D eigenvalue weighted by Gasteiger charge is 2.27. The molecule has 0 radical (unpaired) electrons. The molecule has 2 aromatic carbocycles. The quantitative estimate of drug-likeness (QED) is 0.513. The van der Waals surface area contributed by atoms with Gasteiger partial charge in [-0.2, -0.15) is 5.10 Å². The minimum absolute atomic E-state index is 0.129. The Balaban J connectivity index is 1.22. The van der Waals surface area contributed by atoms with Crippen LogP contribution in [0.25, 0.3) is 16.6 Å². The molecule has 0 aliphatic carbocycles. The number of nitrogens with zero attached hydrogens (tertiary/aromatic N) is 4. The molecule has 1 N–H and O–H groups in total. The lowest BCUT2D eigenvalue weighted by Crippen LogP contribution is -2.50. The van der Waals surface area contributed by atoms with Gasteiger partial charge in [-0.05, 0) is 30.5 Å². The van der Waals surface area contributed by atoms with Crippen molar-refractivity contribution in [2.45, 2.75) is 19.3 Å². The highest BCUT2D eigenvalue weighted by Crippen LogP contribution is 2.17. The molecule has 8 heteroatoms. The first-order valence-electron chi connectivity index (χ1n) is 11.2. The van der Waals surface area contributed by atoms with Crippen molar-refractivity contribution in [3.63, 3.8) is 0 Å². The molecule has 0 saturated carbocycles. The zero-order valence-corrected chi connectivity index (χ0v) is 18.2. The van der Waals surface area contributed by atoms with Crippen LogP contribution < -0.4 is 5.56 Å². The van der Waals surface area contributed by atoms with Crippen molar-refractivity contribution in [1.29, 1.82) is 0 Å². The number of carbonyl (C=O) groups excluding carboxylic acids is 2. The van der Waals surface area contributed by atoms with Crippen LogP contribution in [0.15, 0.2) is 65.6 Å². The molecule has 1 aliphatic heterocycles. The molecule has 0 atom stereocenters. The first-order valence-corrected chi connectivity index (χ1v) is 11.2. The number of fused-ring (bicyclic) bond motifs is 3. The molecule has 5 rings (SSSR count). The Morgan fingerprint density at radius 3 is 2.39 bits per heavy atom. The number of piperazine rings is 1. The summed E-state index contributed by atoms with van der Waals surface area (Å²) < 4.78 is 1.59. The molecular weight excluding hydrogens is 418 g/mol. The van der Waals surface area contributed by atoms with Crippen LogP contribution in [-0.2, 0) is 11.2 Å². The van der Waals surface area contributed by atoms with Gasteiger partial charge in [0.25, 0.3) is 11.5 Å². The van der Waals surface area contributed by atoms with Gasteiger partial charge in [-0.25, -0.2) is 4.52 Å². The normalized spacial score (nSPS) is 14.2. The molecule has 0 spiro atoms. The van der Waals surface area contributed by atoms with Gasteiger partial charge in [-0.3, -0.25) is 14.4 Å². The summed E-state index contributed by atoms with van der Waals surface area (Å²) in [6.45, 7) is 1.93. The lowest BCUT2D eigenvalue weighted by molar-refractivity contribution is -0.132. The number of hydrogen-bond donors (Lipinski definition) is 1. The van der Waals surface area contributed by atoms with Crippen molar-refractivity contribution in [2.24, 2.45) is 0 Å². The number of amides is 2. The van der Waals surface area contributed by atoms with Crippen LogP contribution in [0.2, 0.25) is 0 Å². The van der Waals surface area contributed by atoms with Gasteiger partial charge in [0.1, 0.15) is 11.2 Å². The lowest BCUT2D eigenvalue weighted by Gasteiger charge is -2.34. The van der Waals surface area contributed by atoms with E-state index in [2.05, 4.69) is 22.2 Å². The molecule has 33 heavy (non-hydrogen) atoms. The molecule has 168 valence electrons. The second-order valence-corrected chi connectivity index (χ2v) is 8.30. The first-order chi connectivity index (χ1) is 16.1. The third kappa shape index (κ3) is 4.11. The van der Waals surface area contributed by atoms with Gasteiger partial charge in [0, 0.05) is 32.6 Å². The second-order valence-electron chi connectivity index (χ2n) is 8.30. The smallest absolute Gasteiger partial charge is 0.259 e. The summed E-state index contributed by atoms with van der Waals surface area (Å²) in [5, 5.41) is 4.86. The minimum atomic E-state index is -0.251. The van der Waals surface area contributed by atoms with Crippen LogP contribution in [0.3, 0.4) is 0 Å². The molecule has 4 aromatic rings. The number of rotatable bonds is 5. The Kier molecular flexibility index (Phi) is 5.64. The Morgan fingerprint density at radius 2 is 1.61 bits per heavy atom. The van der Waals surface area contributed by atoms with Gasteiger partial charge < -0.3 is 14.8 Å². The number of para-hydroxylation sites is 1. The lowest BCUT2D eigenvalue weighted by atomic mass is 10.1. The van der Waals surface area contributed by atoms with E-state index in [1.54, 1.807) is 27.6 Å². The molecule has 0 bridgehead atoms. The number of nitrogens with one attached hydrogen (secondary N) is 1. The Bertz CT molecular complexity index is 1370. The zero-order valence-electron chi connectivity index (χ0n) is 18.2. The fourth-order valence-corrected chi connectivity index (χ4v) is 4.41. The van der Waals surface area contributed by atoms with E-state index in [9.17, 15) is 14.4 Å². The fourth-order valence-electron chi connectivity index (χ4n) is 4.41. The van der Waals surface area contributed by atoms with Gasteiger partial charge in [-0.1, -0.05) is 42.5 Å². The maximum absolute atomic E-state index is 13.2. The number of H-pyrrole nitrogens is 1. The number of carbonyl (C=O) groups is 2. The fraction of sp³-hybridized carbons (Fsp3) is 0.280. The molecule has 2 amide bonds. The topological polar surface area (TPSA) is 90.8 Å². The van der Waals surface area contributed by atoms with Gasteiger partial charge >= 0.3 is 0 Å². The predicted molar refractivity (Wildman–Crippen MR) is 125 cm³/mol. The van der Waals surface area contributed by atoms with Crippen LogP contribution in [0.4, 0.5) is 0 Å². The van der Waals surface area contributed by atoms with Gasteiger partial charge in [0.2, 0.25) is 5.91 Å². The minimum Gasteiger partial charge on any atom is -0.339 e. The highest BCUT2D eigenvalue weighted by molar-refractivity contribution is 6.00. The Labute approximate surface area is 190 Å². The van der Waals surface area contributed by atoms with E-state index in [0.29, 0.717) is 54.7 Å². The molecule has 1 fully saturated rings. The first kappa shape index (κ1) is 20.9. The van der Waals surface area contributed by atoms with Crippen molar-refractivity contribution in [3.8, 4) is 0 Å². The van der Waals surface area contributed by atoms with Crippen LogP contribution >= 0.6 is 0 Å². The van der Waals surface area contributed by atoms with E-state index in [0.717, 1.165) is 12.8 Å². The van der Waals surface area contributed by atoms with Crippen LogP contribution in [-0.4, -0.2) is 62.4 Å². The van der Waals surface area contributed by atoms with Crippen molar-refractivity contribution >= 4 is 28.4 Å². The summed E-state index contributed by atoms with van der Waals surface area (Å²) in [6, 6.07) is 17.3. The predicted octanol–water partition coefficient (Wildman–Crippen LogP) is 2.48. The van der Waals surface area contributed by atoms with E-state index in [1.807, 2.05) is 29.2 Å². The van der Waals surface area contributed by atoms with Crippen LogP contribution in [0.5, 0.6) is 0 Å². The number of aryl methyl sites for hydroxylation is 1. The van der Waals surface area contributed by atoms with E-state index in [4.69, 9.17) is 0 Å². The summed E-state index contributed by atoms with van der Waals surface area (Å²) >= 11 is 0. The molecule has 3 heterocycles. The third-order valence-electron chi connectivity index (χ3n) is 6.23. The molecule has 1 aliphatic rings. The highest BCUT2D eigenvalue weighted by atomic mass is 16.2. The van der Waals surface area contributed by atoms with Crippen LogP contribution in [0.1, 0.15) is 28.8 Å². The summed E-state index contributed by atoms with van der Waals surface area (Å²) in [7, 11) is 0. The standard InChI is InChI=1S/C25H25N5O3/c31-22(12-6-9-18-7-2-1-3-8-18)28-13-15-29(16-14-28)25(33)20-17-26-30-21-11-5-4-10-19(21)24(32)27-23(20)30/h1-5,7-8,10-11,17H,6,9,12-16H2,(H,27,32). The van der Waals surface area contributed by atoms with E-state index >= 15 is 0 Å². The molecule has 8 nitrogen and oxygen atoms in total.